The zero-order chi connectivity index (χ0) is 30.3. The molecule has 5 rings (SSSR count). The maximum atomic E-state index is 13.7. The summed E-state index contributed by atoms with van der Waals surface area (Å²) < 4.78 is 1.86. The molecule has 0 atom stereocenters. The molecule has 1 aliphatic heterocycles. The lowest BCUT2D eigenvalue weighted by Crippen LogP contribution is -2.37. The first-order chi connectivity index (χ1) is 20.8. The molecule has 3 aromatic carbocycles. The van der Waals surface area contributed by atoms with Crippen molar-refractivity contribution in [1.29, 1.82) is 0 Å². The summed E-state index contributed by atoms with van der Waals surface area (Å²) in [5.74, 6) is -0.586. The summed E-state index contributed by atoms with van der Waals surface area (Å²) in [4.78, 5) is 38.7. The van der Waals surface area contributed by atoms with Gasteiger partial charge in [-0.25, -0.2) is 19.1 Å². The van der Waals surface area contributed by atoms with E-state index in [-0.39, 0.29) is 30.3 Å². The molecule has 2 N–H and O–H groups in total. The molecule has 0 saturated carbocycles. The Morgan fingerprint density at radius 1 is 0.977 bits per heavy atom. The molecule has 2 heterocycles. The summed E-state index contributed by atoms with van der Waals surface area (Å²) in [6.07, 6.45) is 5.54. The number of hydrogen-bond acceptors (Lipinski definition) is 8. The number of aromatic hydroxyl groups is 1. The average molecular weight is 598 g/mol. The minimum Gasteiger partial charge on any atom is -0.507 e. The third kappa shape index (κ3) is 7.71. The summed E-state index contributed by atoms with van der Waals surface area (Å²) in [7, 11) is 1.86. The van der Waals surface area contributed by atoms with E-state index in [1.165, 1.54) is 29.6 Å². The van der Waals surface area contributed by atoms with Gasteiger partial charge in [0.1, 0.15) is 11.3 Å². The molecule has 0 spiro atoms. The Morgan fingerprint density at radius 3 is 2.28 bits per heavy atom. The fraction of sp³-hybridized carbons (Fsp3) is 0.273. The van der Waals surface area contributed by atoms with Crippen LogP contribution in [-0.4, -0.2) is 63.0 Å². The predicted molar refractivity (Wildman–Crippen MR) is 169 cm³/mol. The van der Waals surface area contributed by atoms with Crippen LogP contribution in [-0.2, 0) is 11.3 Å². The zero-order valence-electron chi connectivity index (χ0n) is 24.3. The summed E-state index contributed by atoms with van der Waals surface area (Å²) in [6.45, 7) is 4.20. The average Bonchev–Trinajstić information content (AvgIpc) is 3.01. The number of aromatic carboxylic acids is 1. The molecule has 0 radical (unpaired) electrons. The van der Waals surface area contributed by atoms with Crippen LogP contribution >= 0.6 is 11.9 Å². The van der Waals surface area contributed by atoms with Crippen molar-refractivity contribution in [2.45, 2.75) is 37.1 Å². The minimum absolute atomic E-state index is 0.113. The lowest BCUT2D eigenvalue weighted by Gasteiger charge is -2.32. The van der Waals surface area contributed by atoms with Gasteiger partial charge in [0.15, 0.2) is 0 Å². The van der Waals surface area contributed by atoms with Gasteiger partial charge in [-0.05, 0) is 86.1 Å². The number of hydrogen-bond donors (Lipinski definition) is 2. The SMILES string of the molecule is Cc1ccc(SN(C)CC(=O)N(Cc2ccc(C3CCN(c4ncccn4)CC3)cc2)c2ccc(C(=O)O)c(O)c2)cc1. The fourth-order valence-corrected chi connectivity index (χ4v) is 6.02. The predicted octanol–water partition coefficient (Wildman–Crippen LogP) is 5.75. The van der Waals surface area contributed by atoms with Crippen molar-refractivity contribution in [1.82, 2.24) is 14.3 Å². The second-order valence-corrected chi connectivity index (χ2v) is 12.0. The second kappa shape index (κ2) is 13.7. The minimum atomic E-state index is -1.23. The molecule has 1 fully saturated rings. The number of benzene rings is 3. The van der Waals surface area contributed by atoms with E-state index in [1.807, 2.05) is 60.7 Å². The van der Waals surface area contributed by atoms with Crippen LogP contribution in [0.25, 0.3) is 0 Å². The molecule has 10 heteroatoms. The Kier molecular flexibility index (Phi) is 9.58. The van der Waals surface area contributed by atoms with E-state index in [0.717, 1.165) is 47.9 Å². The Labute approximate surface area is 256 Å². The molecule has 222 valence electrons. The molecular weight excluding hydrogens is 562 g/mol. The second-order valence-electron chi connectivity index (χ2n) is 10.7. The monoisotopic (exact) mass is 597 g/mol. The van der Waals surface area contributed by atoms with Crippen molar-refractivity contribution in [2.24, 2.45) is 0 Å². The molecule has 4 aromatic rings. The van der Waals surface area contributed by atoms with E-state index in [2.05, 4.69) is 27.0 Å². The zero-order valence-corrected chi connectivity index (χ0v) is 25.1. The number of aryl methyl sites for hydroxylation is 1. The van der Waals surface area contributed by atoms with Gasteiger partial charge < -0.3 is 20.0 Å². The maximum absolute atomic E-state index is 13.7. The van der Waals surface area contributed by atoms with Gasteiger partial charge in [-0.1, -0.05) is 42.0 Å². The number of nitrogens with zero attached hydrogens (tertiary/aromatic N) is 5. The maximum Gasteiger partial charge on any atom is 0.339 e. The molecule has 9 nitrogen and oxygen atoms in total. The number of phenols is 1. The van der Waals surface area contributed by atoms with Crippen LogP contribution in [0.4, 0.5) is 11.6 Å². The van der Waals surface area contributed by atoms with E-state index < -0.39 is 5.97 Å². The summed E-state index contributed by atoms with van der Waals surface area (Å²) in [5.41, 5.74) is 3.58. The van der Waals surface area contributed by atoms with Crippen molar-refractivity contribution < 1.29 is 19.8 Å². The third-order valence-electron chi connectivity index (χ3n) is 7.59. The Hall–Kier alpha value is -4.41. The molecular formula is C33H35N5O4S. The number of likely N-dealkylation sites (N-methyl/N-ethyl adjacent to an activating group) is 1. The van der Waals surface area contributed by atoms with E-state index in [9.17, 15) is 19.8 Å². The molecule has 1 aliphatic rings. The lowest BCUT2D eigenvalue weighted by atomic mass is 9.89. The van der Waals surface area contributed by atoms with Gasteiger partial charge >= 0.3 is 5.97 Å². The Bertz CT molecular complexity index is 1540. The number of carbonyl (C=O) groups excluding carboxylic acids is 1. The van der Waals surface area contributed by atoms with Crippen LogP contribution in [0.5, 0.6) is 5.75 Å². The van der Waals surface area contributed by atoms with Gasteiger partial charge in [0.2, 0.25) is 11.9 Å². The van der Waals surface area contributed by atoms with Crippen LogP contribution in [0.15, 0.2) is 90.1 Å². The first-order valence-corrected chi connectivity index (χ1v) is 15.0. The fourth-order valence-electron chi connectivity index (χ4n) is 5.22. The van der Waals surface area contributed by atoms with Crippen molar-refractivity contribution in [3.05, 3.63) is 107 Å². The number of aromatic nitrogens is 2. The number of piperidine rings is 1. The Morgan fingerprint density at radius 2 is 1.65 bits per heavy atom. The van der Waals surface area contributed by atoms with E-state index >= 15 is 0 Å². The lowest BCUT2D eigenvalue weighted by molar-refractivity contribution is -0.118. The number of anilines is 2. The van der Waals surface area contributed by atoms with Crippen molar-refractivity contribution in [2.75, 3.05) is 36.5 Å². The number of amides is 1. The molecule has 43 heavy (non-hydrogen) atoms. The first-order valence-electron chi connectivity index (χ1n) is 14.2. The number of rotatable bonds is 10. The largest absolute Gasteiger partial charge is 0.507 e. The first kappa shape index (κ1) is 30.1. The smallest absolute Gasteiger partial charge is 0.339 e. The van der Waals surface area contributed by atoms with Crippen LogP contribution in [0.3, 0.4) is 0 Å². The van der Waals surface area contributed by atoms with Gasteiger partial charge in [0.25, 0.3) is 0 Å². The van der Waals surface area contributed by atoms with Crippen LogP contribution in [0, 0.1) is 6.92 Å². The van der Waals surface area contributed by atoms with Gasteiger partial charge in [-0.3, -0.25) is 4.79 Å². The highest BCUT2D eigenvalue weighted by molar-refractivity contribution is 7.97. The Balaban J connectivity index is 1.29. The molecule has 0 unspecified atom stereocenters. The quantitative estimate of drug-likeness (QED) is 0.221. The number of carboxylic acids is 1. The van der Waals surface area contributed by atoms with Gasteiger partial charge in [-0.2, -0.15) is 0 Å². The van der Waals surface area contributed by atoms with Gasteiger partial charge in [-0.15, -0.1) is 0 Å². The molecule has 1 saturated heterocycles. The van der Waals surface area contributed by atoms with Crippen molar-refractivity contribution >= 4 is 35.5 Å². The molecule has 1 aromatic heterocycles. The van der Waals surface area contributed by atoms with Crippen molar-refractivity contribution in [3.63, 3.8) is 0 Å². The van der Waals surface area contributed by atoms with Gasteiger partial charge in [0, 0.05) is 42.1 Å². The highest BCUT2D eigenvalue weighted by atomic mass is 32.2. The van der Waals surface area contributed by atoms with Crippen LogP contribution in [0.1, 0.15) is 45.8 Å². The molecule has 0 bridgehead atoms. The normalized spacial score (nSPS) is 13.7. The van der Waals surface area contributed by atoms with Crippen LogP contribution < -0.4 is 9.80 Å². The summed E-state index contributed by atoms with van der Waals surface area (Å²) in [6, 6.07) is 22.5. The topological polar surface area (TPSA) is 110 Å². The standard InChI is InChI=1S/C33H35N5O4S/c1-23-4-11-28(12-5-23)43-36(2)22-31(40)38(27-10-13-29(32(41)42)30(39)20-27)21-24-6-8-25(9-7-24)26-14-18-37(19-15-26)33-34-16-3-17-35-33/h3-13,16-17,20,26,39H,14-15,18-19,21-22H2,1-2H3,(H,41,42). The molecule has 1 amide bonds. The summed E-state index contributed by atoms with van der Waals surface area (Å²) in [5, 5.41) is 19.7. The number of carboxylic acid groups (broad SMARTS) is 1. The van der Waals surface area contributed by atoms with Crippen molar-refractivity contribution in [3.8, 4) is 5.75 Å². The van der Waals surface area contributed by atoms with E-state index in [4.69, 9.17) is 0 Å². The van der Waals surface area contributed by atoms with E-state index in [1.54, 1.807) is 23.4 Å². The van der Waals surface area contributed by atoms with Gasteiger partial charge in [0.05, 0.1) is 13.1 Å². The third-order valence-corrected chi connectivity index (χ3v) is 8.51. The highest BCUT2D eigenvalue weighted by Gasteiger charge is 2.24. The highest BCUT2D eigenvalue weighted by Crippen LogP contribution is 2.31. The number of carbonyl (C=O) groups is 2. The molecule has 0 aliphatic carbocycles. The van der Waals surface area contributed by atoms with Crippen LogP contribution in [0.2, 0.25) is 0 Å². The summed E-state index contributed by atoms with van der Waals surface area (Å²) >= 11 is 1.47. The van der Waals surface area contributed by atoms with E-state index in [0.29, 0.717) is 11.6 Å².